The van der Waals surface area contributed by atoms with Gasteiger partial charge in [0.25, 0.3) is 0 Å². The molecule has 20 heavy (non-hydrogen) atoms. The van der Waals surface area contributed by atoms with E-state index in [4.69, 9.17) is 4.74 Å². The highest BCUT2D eigenvalue weighted by molar-refractivity contribution is 5.69. The van der Waals surface area contributed by atoms with Gasteiger partial charge in [-0.1, -0.05) is 36.9 Å². The number of nitrogens with zero attached hydrogens (tertiary/aromatic N) is 1. The fraction of sp³-hybridized carbons (Fsp3) is 0.222. The van der Waals surface area contributed by atoms with E-state index in [9.17, 15) is 0 Å². The van der Waals surface area contributed by atoms with E-state index in [1.54, 1.807) is 0 Å². The number of rotatable bonds is 4. The summed E-state index contributed by atoms with van der Waals surface area (Å²) >= 11 is 0. The van der Waals surface area contributed by atoms with E-state index in [0.717, 1.165) is 33.9 Å². The number of hydrogen-bond acceptors (Lipinski definition) is 2. The second-order valence-electron chi connectivity index (χ2n) is 5.09. The van der Waals surface area contributed by atoms with Crippen LogP contribution in [0, 0.1) is 13.8 Å². The van der Waals surface area contributed by atoms with Crippen LogP contribution < -0.4 is 9.64 Å². The molecular formula is C18H21NO. The van der Waals surface area contributed by atoms with Crippen LogP contribution >= 0.6 is 0 Å². The van der Waals surface area contributed by atoms with E-state index in [2.05, 4.69) is 43.5 Å². The lowest BCUT2D eigenvalue weighted by Crippen LogP contribution is -2.11. The molecule has 2 nitrogen and oxygen atoms in total. The highest BCUT2D eigenvalue weighted by atomic mass is 16.5. The molecule has 2 rings (SSSR count). The molecule has 0 atom stereocenters. The Morgan fingerprint density at radius 3 is 2.35 bits per heavy atom. The number of para-hydroxylation sites is 1. The number of anilines is 1. The standard InChI is InChI=1S/C18H21NO/c1-6-15-11-12-16(19(4)5)18(14(15)3)20-17-10-8-7-9-13(17)2/h6-12H,1H2,2-5H3. The predicted molar refractivity (Wildman–Crippen MR) is 86.9 cm³/mol. The van der Waals surface area contributed by atoms with Crippen molar-refractivity contribution in [2.24, 2.45) is 0 Å². The van der Waals surface area contributed by atoms with Crippen molar-refractivity contribution in [3.63, 3.8) is 0 Å². The maximum absolute atomic E-state index is 6.19. The van der Waals surface area contributed by atoms with Crippen molar-refractivity contribution in [3.8, 4) is 11.5 Å². The van der Waals surface area contributed by atoms with Gasteiger partial charge in [-0.2, -0.15) is 0 Å². The first-order chi connectivity index (χ1) is 9.54. The van der Waals surface area contributed by atoms with Gasteiger partial charge in [-0.15, -0.1) is 0 Å². The van der Waals surface area contributed by atoms with Gasteiger partial charge < -0.3 is 9.64 Å². The summed E-state index contributed by atoms with van der Waals surface area (Å²) in [6, 6.07) is 12.2. The predicted octanol–water partition coefficient (Wildman–Crippen LogP) is 4.80. The number of hydrogen-bond donors (Lipinski definition) is 0. The smallest absolute Gasteiger partial charge is 0.154 e. The van der Waals surface area contributed by atoms with Crippen LogP contribution in [0.4, 0.5) is 5.69 Å². The average Bonchev–Trinajstić information content (AvgIpc) is 2.43. The number of ether oxygens (including phenoxy) is 1. The van der Waals surface area contributed by atoms with Crippen molar-refractivity contribution in [2.75, 3.05) is 19.0 Å². The number of aryl methyl sites for hydroxylation is 1. The first-order valence-corrected chi connectivity index (χ1v) is 6.71. The molecule has 0 aliphatic carbocycles. The van der Waals surface area contributed by atoms with Crippen molar-refractivity contribution in [1.82, 2.24) is 0 Å². The van der Waals surface area contributed by atoms with Crippen molar-refractivity contribution >= 4 is 11.8 Å². The Morgan fingerprint density at radius 1 is 1.05 bits per heavy atom. The van der Waals surface area contributed by atoms with Gasteiger partial charge in [0.1, 0.15) is 5.75 Å². The molecule has 2 aromatic rings. The molecule has 2 heteroatoms. The molecule has 0 radical (unpaired) electrons. The van der Waals surface area contributed by atoms with Crippen LogP contribution in [-0.4, -0.2) is 14.1 Å². The Balaban J connectivity index is 2.54. The van der Waals surface area contributed by atoms with E-state index in [-0.39, 0.29) is 0 Å². The van der Waals surface area contributed by atoms with Crippen LogP contribution in [-0.2, 0) is 0 Å². The van der Waals surface area contributed by atoms with Crippen LogP contribution in [0.1, 0.15) is 16.7 Å². The molecule has 0 N–H and O–H groups in total. The topological polar surface area (TPSA) is 12.5 Å². The van der Waals surface area contributed by atoms with E-state index in [1.165, 1.54) is 0 Å². The maximum Gasteiger partial charge on any atom is 0.154 e. The Hall–Kier alpha value is -2.22. The molecule has 104 valence electrons. The zero-order valence-electron chi connectivity index (χ0n) is 12.6. The van der Waals surface area contributed by atoms with Gasteiger partial charge in [0.2, 0.25) is 0 Å². The fourth-order valence-corrected chi connectivity index (χ4v) is 2.18. The third-order valence-corrected chi connectivity index (χ3v) is 3.43. The quantitative estimate of drug-likeness (QED) is 0.788. The lowest BCUT2D eigenvalue weighted by molar-refractivity contribution is 0.475. The molecule has 0 amide bonds. The summed E-state index contributed by atoms with van der Waals surface area (Å²) in [6.07, 6.45) is 1.86. The fourth-order valence-electron chi connectivity index (χ4n) is 2.18. The Morgan fingerprint density at radius 2 is 1.75 bits per heavy atom. The SMILES string of the molecule is C=Cc1ccc(N(C)C)c(Oc2ccccc2C)c1C. The van der Waals surface area contributed by atoms with Crippen molar-refractivity contribution in [3.05, 3.63) is 59.7 Å². The highest BCUT2D eigenvalue weighted by Crippen LogP contribution is 2.37. The monoisotopic (exact) mass is 267 g/mol. The largest absolute Gasteiger partial charge is 0.455 e. The highest BCUT2D eigenvalue weighted by Gasteiger charge is 2.13. The van der Waals surface area contributed by atoms with Gasteiger partial charge in [-0.05, 0) is 37.1 Å². The van der Waals surface area contributed by atoms with Crippen LogP contribution in [0.2, 0.25) is 0 Å². The van der Waals surface area contributed by atoms with Gasteiger partial charge in [-0.3, -0.25) is 0 Å². The maximum atomic E-state index is 6.19. The molecule has 0 heterocycles. The summed E-state index contributed by atoms with van der Waals surface area (Å²) in [5.74, 6) is 1.78. The summed E-state index contributed by atoms with van der Waals surface area (Å²) < 4.78 is 6.19. The molecule has 0 bridgehead atoms. The summed E-state index contributed by atoms with van der Waals surface area (Å²) in [5, 5.41) is 0. The van der Waals surface area contributed by atoms with Crippen molar-refractivity contribution in [1.29, 1.82) is 0 Å². The zero-order valence-corrected chi connectivity index (χ0v) is 12.6. The van der Waals surface area contributed by atoms with Crippen LogP contribution in [0.5, 0.6) is 11.5 Å². The Bertz CT molecular complexity index is 629. The van der Waals surface area contributed by atoms with Gasteiger partial charge in [-0.25, -0.2) is 0 Å². The normalized spacial score (nSPS) is 10.2. The lowest BCUT2D eigenvalue weighted by Gasteiger charge is -2.21. The zero-order chi connectivity index (χ0) is 14.7. The van der Waals surface area contributed by atoms with Gasteiger partial charge in [0.15, 0.2) is 5.75 Å². The molecule has 0 unspecified atom stereocenters. The van der Waals surface area contributed by atoms with Gasteiger partial charge in [0, 0.05) is 19.7 Å². The summed E-state index contributed by atoms with van der Waals surface area (Å²) in [6.45, 7) is 7.98. The summed E-state index contributed by atoms with van der Waals surface area (Å²) in [7, 11) is 4.04. The first kappa shape index (κ1) is 14.2. The first-order valence-electron chi connectivity index (χ1n) is 6.71. The molecule has 0 spiro atoms. The second kappa shape index (κ2) is 5.83. The molecular weight excluding hydrogens is 246 g/mol. The van der Waals surface area contributed by atoms with Crippen molar-refractivity contribution in [2.45, 2.75) is 13.8 Å². The second-order valence-corrected chi connectivity index (χ2v) is 5.09. The van der Waals surface area contributed by atoms with Crippen LogP contribution in [0.3, 0.4) is 0 Å². The third kappa shape index (κ3) is 2.69. The molecule has 0 saturated carbocycles. The van der Waals surface area contributed by atoms with Crippen molar-refractivity contribution < 1.29 is 4.74 Å². The van der Waals surface area contributed by atoms with E-state index >= 15 is 0 Å². The number of benzene rings is 2. The molecule has 0 saturated heterocycles. The van der Waals surface area contributed by atoms with Crippen LogP contribution in [0.15, 0.2) is 43.0 Å². The Kier molecular flexibility index (Phi) is 4.14. The van der Waals surface area contributed by atoms with E-state index < -0.39 is 0 Å². The van der Waals surface area contributed by atoms with Gasteiger partial charge in [0.05, 0.1) is 5.69 Å². The van der Waals surface area contributed by atoms with E-state index in [1.807, 2.05) is 38.4 Å². The minimum absolute atomic E-state index is 0.889. The summed E-state index contributed by atoms with van der Waals surface area (Å²) in [5.41, 5.74) is 4.39. The molecule has 0 fully saturated rings. The van der Waals surface area contributed by atoms with E-state index in [0.29, 0.717) is 0 Å². The molecule has 0 aromatic heterocycles. The molecule has 0 aliphatic rings. The minimum atomic E-state index is 0.889. The molecule has 0 aliphatic heterocycles. The molecule has 2 aromatic carbocycles. The van der Waals surface area contributed by atoms with Gasteiger partial charge >= 0.3 is 0 Å². The third-order valence-electron chi connectivity index (χ3n) is 3.43. The summed E-state index contributed by atoms with van der Waals surface area (Å²) in [4.78, 5) is 2.06. The Labute approximate surface area is 121 Å². The van der Waals surface area contributed by atoms with Crippen LogP contribution in [0.25, 0.3) is 6.08 Å². The lowest BCUT2D eigenvalue weighted by atomic mass is 10.1. The minimum Gasteiger partial charge on any atom is -0.455 e. The average molecular weight is 267 g/mol.